The Morgan fingerprint density at radius 1 is 1.29 bits per heavy atom. The van der Waals surface area contributed by atoms with Gasteiger partial charge in [-0.3, -0.25) is 9.78 Å². The Morgan fingerprint density at radius 3 is 2.81 bits per heavy atom. The number of hydrogen-bond donors (Lipinski definition) is 2. The summed E-state index contributed by atoms with van der Waals surface area (Å²) in [5.74, 6) is -3.49. The van der Waals surface area contributed by atoms with Crippen LogP contribution in [0.4, 0.5) is 23.7 Å². The van der Waals surface area contributed by atoms with Crippen LogP contribution >= 0.6 is 0 Å². The molecule has 0 saturated heterocycles. The van der Waals surface area contributed by atoms with Gasteiger partial charge in [0.05, 0.1) is 30.2 Å². The number of benzene rings is 1. The van der Waals surface area contributed by atoms with E-state index in [1.165, 1.54) is 25.5 Å². The molecular weight excluding hydrogens is 417 g/mol. The van der Waals surface area contributed by atoms with Gasteiger partial charge < -0.3 is 15.5 Å². The highest BCUT2D eigenvalue weighted by molar-refractivity contribution is 5.94. The Morgan fingerprint density at radius 2 is 2.10 bits per heavy atom. The number of halogens is 3. The van der Waals surface area contributed by atoms with Crippen molar-refractivity contribution in [2.75, 3.05) is 11.9 Å². The zero-order valence-electron chi connectivity index (χ0n) is 16.0. The van der Waals surface area contributed by atoms with Crippen LogP contribution in [0, 0.1) is 17.5 Å². The minimum Gasteiger partial charge on any atom is -0.346 e. The standard InChI is InChI=1S/C18H15F3N8O2/c1-9(17-13(20)4-10(5-22-17)29-24-8-23-27-29)25-15(30)7-28-6-11-14(26-18(28)31)3-2-12(19)16(11)21/h2-5,8-9H,6-7H2,1H3,(H,25,30)(H,26,31)/t9-/m0/s1. The second kappa shape index (κ2) is 8.01. The van der Waals surface area contributed by atoms with E-state index in [-0.39, 0.29) is 29.2 Å². The molecule has 0 saturated carbocycles. The van der Waals surface area contributed by atoms with Crippen molar-refractivity contribution in [3.63, 3.8) is 0 Å². The van der Waals surface area contributed by atoms with Gasteiger partial charge in [-0.2, -0.15) is 0 Å². The molecule has 0 unspecified atom stereocenters. The number of aromatic nitrogens is 5. The molecule has 13 heteroatoms. The van der Waals surface area contributed by atoms with Crippen LogP contribution in [-0.4, -0.2) is 48.6 Å². The van der Waals surface area contributed by atoms with Crippen LogP contribution in [-0.2, 0) is 11.3 Å². The number of nitrogens with one attached hydrogen (secondary N) is 2. The van der Waals surface area contributed by atoms with Crippen molar-refractivity contribution in [3.05, 3.63) is 59.4 Å². The van der Waals surface area contributed by atoms with Crippen LogP contribution in [0.2, 0.25) is 0 Å². The lowest BCUT2D eigenvalue weighted by atomic mass is 10.1. The molecule has 3 amide bonds. The fourth-order valence-electron chi connectivity index (χ4n) is 3.13. The normalized spacial score (nSPS) is 14.1. The van der Waals surface area contributed by atoms with E-state index in [1.54, 1.807) is 0 Å². The lowest BCUT2D eigenvalue weighted by molar-refractivity contribution is -0.122. The number of hydrogen-bond acceptors (Lipinski definition) is 6. The number of carbonyl (C=O) groups excluding carboxylic acids is 2. The van der Waals surface area contributed by atoms with E-state index < -0.39 is 42.0 Å². The van der Waals surface area contributed by atoms with Gasteiger partial charge >= 0.3 is 6.03 Å². The van der Waals surface area contributed by atoms with Crippen molar-refractivity contribution in [1.29, 1.82) is 0 Å². The molecular formula is C18H15F3N8O2. The van der Waals surface area contributed by atoms with Crippen molar-refractivity contribution < 1.29 is 22.8 Å². The molecule has 31 heavy (non-hydrogen) atoms. The molecule has 2 N–H and O–H groups in total. The number of carbonyl (C=O) groups is 2. The zero-order chi connectivity index (χ0) is 22.1. The first kappa shape index (κ1) is 20.3. The van der Waals surface area contributed by atoms with Crippen LogP contribution in [0.25, 0.3) is 5.69 Å². The monoisotopic (exact) mass is 432 g/mol. The number of nitrogens with zero attached hydrogens (tertiary/aromatic N) is 6. The average molecular weight is 432 g/mol. The maximum absolute atomic E-state index is 14.5. The maximum Gasteiger partial charge on any atom is 0.322 e. The first-order valence-corrected chi connectivity index (χ1v) is 9.04. The van der Waals surface area contributed by atoms with Crippen molar-refractivity contribution >= 4 is 17.6 Å². The van der Waals surface area contributed by atoms with Gasteiger partial charge in [0.25, 0.3) is 0 Å². The number of rotatable bonds is 5. The predicted octanol–water partition coefficient (Wildman–Crippen LogP) is 1.70. The third-order valence-electron chi connectivity index (χ3n) is 4.63. The summed E-state index contributed by atoms with van der Waals surface area (Å²) in [4.78, 5) is 30.7. The summed E-state index contributed by atoms with van der Waals surface area (Å²) in [6.07, 6.45) is 2.50. The number of urea groups is 1. The maximum atomic E-state index is 14.5. The number of amides is 3. The Labute approximate surface area is 173 Å². The van der Waals surface area contributed by atoms with Crippen molar-refractivity contribution in [2.24, 2.45) is 0 Å². The molecule has 0 aliphatic carbocycles. The largest absolute Gasteiger partial charge is 0.346 e. The van der Waals surface area contributed by atoms with E-state index in [1.807, 2.05) is 0 Å². The summed E-state index contributed by atoms with van der Waals surface area (Å²) < 4.78 is 41.9. The third-order valence-corrected chi connectivity index (χ3v) is 4.63. The molecule has 0 bridgehead atoms. The molecule has 160 valence electrons. The fourth-order valence-corrected chi connectivity index (χ4v) is 3.13. The van der Waals surface area contributed by atoms with E-state index in [9.17, 15) is 22.8 Å². The number of tetrazole rings is 1. The van der Waals surface area contributed by atoms with Gasteiger partial charge in [0.1, 0.15) is 18.0 Å². The van der Waals surface area contributed by atoms with Gasteiger partial charge in [-0.25, -0.2) is 18.0 Å². The second-order valence-corrected chi connectivity index (χ2v) is 6.75. The smallest absolute Gasteiger partial charge is 0.322 e. The summed E-state index contributed by atoms with van der Waals surface area (Å²) in [5, 5.41) is 15.9. The Balaban J connectivity index is 1.43. The molecule has 1 aromatic carbocycles. The summed E-state index contributed by atoms with van der Waals surface area (Å²) in [7, 11) is 0. The van der Waals surface area contributed by atoms with Crippen LogP contribution in [0.15, 0.2) is 30.7 Å². The topological polar surface area (TPSA) is 118 Å². The quantitative estimate of drug-likeness (QED) is 0.634. The first-order valence-electron chi connectivity index (χ1n) is 9.04. The van der Waals surface area contributed by atoms with Gasteiger partial charge in [0, 0.05) is 11.6 Å². The number of pyridine rings is 1. The van der Waals surface area contributed by atoms with E-state index in [0.717, 1.165) is 21.8 Å². The zero-order valence-corrected chi connectivity index (χ0v) is 16.0. The van der Waals surface area contributed by atoms with Gasteiger partial charge in [-0.05, 0) is 24.3 Å². The Kier molecular flexibility index (Phi) is 5.23. The molecule has 2 aromatic heterocycles. The highest BCUT2D eigenvalue weighted by atomic mass is 19.2. The lowest BCUT2D eigenvalue weighted by Gasteiger charge is -2.29. The van der Waals surface area contributed by atoms with E-state index >= 15 is 0 Å². The van der Waals surface area contributed by atoms with Gasteiger partial charge in [-0.15, -0.1) is 15.0 Å². The second-order valence-electron chi connectivity index (χ2n) is 6.75. The summed E-state index contributed by atoms with van der Waals surface area (Å²) in [6, 6.07) is 1.82. The minimum absolute atomic E-state index is 0.0428. The SMILES string of the molecule is C[C@H](NC(=O)CN1Cc2c(ccc(F)c2F)NC1=O)c1ncc(-n2ncnn2)cc1F. The van der Waals surface area contributed by atoms with Crippen LogP contribution in [0.5, 0.6) is 0 Å². The molecule has 3 aromatic rings. The molecule has 1 atom stereocenters. The molecule has 3 heterocycles. The molecule has 0 radical (unpaired) electrons. The molecule has 4 rings (SSSR count). The number of fused-ring (bicyclic) bond motifs is 1. The first-order chi connectivity index (χ1) is 14.8. The average Bonchev–Trinajstić information content (AvgIpc) is 3.26. The summed E-state index contributed by atoms with van der Waals surface area (Å²) in [5.41, 5.74) is 0.279. The van der Waals surface area contributed by atoms with Gasteiger partial charge in [0.15, 0.2) is 18.0 Å². The molecule has 0 spiro atoms. The molecule has 1 aliphatic rings. The van der Waals surface area contributed by atoms with Crippen LogP contribution in [0.1, 0.15) is 24.2 Å². The van der Waals surface area contributed by atoms with Crippen LogP contribution < -0.4 is 10.6 Å². The van der Waals surface area contributed by atoms with Gasteiger partial charge in [0.2, 0.25) is 5.91 Å². The van der Waals surface area contributed by atoms with Crippen LogP contribution in [0.3, 0.4) is 0 Å². The molecule has 0 fully saturated rings. The van der Waals surface area contributed by atoms with E-state index in [0.29, 0.717) is 0 Å². The number of anilines is 1. The van der Waals surface area contributed by atoms with E-state index in [2.05, 4.69) is 31.0 Å². The fraction of sp³-hybridized carbons (Fsp3) is 0.222. The van der Waals surface area contributed by atoms with Crippen molar-refractivity contribution in [2.45, 2.75) is 19.5 Å². The molecule has 1 aliphatic heterocycles. The van der Waals surface area contributed by atoms with Crippen molar-refractivity contribution in [1.82, 2.24) is 35.4 Å². The highest BCUT2D eigenvalue weighted by Crippen LogP contribution is 2.27. The van der Waals surface area contributed by atoms with Gasteiger partial charge in [-0.1, -0.05) is 0 Å². The Hall–Kier alpha value is -4.03. The third kappa shape index (κ3) is 4.01. The minimum atomic E-state index is -1.09. The molecule has 10 nitrogen and oxygen atoms in total. The summed E-state index contributed by atoms with van der Waals surface area (Å²) >= 11 is 0. The van der Waals surface area contributed by atoms with E-state index in [4.69, 9.17) is 0 Å². The van der Waals surface area contributed by atoms with Crippen molar-refractivity contribution in [3.8, 4) is 5.69 Å². The Bertz CT molecular complexity index is 1150. The predicted molar refractivity (Wildman–Crippen MR) is 99.3 cm³/mol. The lowest BCUT2D eigenvalue weighted by Crippen LogP contribution is -2.45. The summed E-state index contributed by atoms with van der Waals surface area (Å²) in [6.45, 7) is 0.768. The highest BCUT2D eigenvalue weighted by Gasteiger charge is 2.28.